The summed E-state index contributed by atoms with van der Waals surface area (Å²) in [7, 11) is 1.34. The first kappa shape index (κ1) is 12.0. The number of esters is 1. The zero-order valence-electron chi connectivity index (χ0n) is 9.87. The molecule has 5 nitrogen and oxygen atoms in total. The molecule has 18 heavy (non-hydrogen) atoms. The van der Waals surface area contributed by atoms with E-state index in [0.29, 0.717) is 12.1 Å². The van der Waals surface area contributed by atoms with Gasteiger partial charge in [-0.15, -0.1) is 0 Å². The van der Waals surface area contributed by atoms with Crippen molar-refractivity contribution in [2.75, 3.05) is 7.11 Å². The molecule has 0 N–H and O–H groups in total. The number of nitrogens with zero attached hydrogens (tertiary/aromatic N) is 2. The lowest BCUT2D eigenvalue weighted by molar-refractivity contribution is 0.0600. The molecule has 0 saturated heterocycles. The van der Waals surface area contributed by atoms with Crippen molar-refractivity contribution in [1.82, 2.24) is 9.55 Å². The van der Waals surface area contributed by atoms with Crippen LogP contribution in [0.3, 0.4) is 0 Å². The minimum absolute atomic E-state index is 0.158. The monoisotopic (exact) mass is 244 g/mol. The van der Waals surface area contributed by atoms with Gasteiger partial charge in [-0.3, -0.25) is 9.78 Å². The Bertz CT molecular complexity index is 602. The summed E-state index contributed by atoms with van der Waals surface area (Å²) in [6.07, 6.45) is 4.45. The van der Waals surface area contributed by atoms with Gasteiger partial charge in [0.15, 0.2) is 0 Å². The van der Waals surface area contributed by atoms with Crippen LogP contribution in [0.4, 0.5) is 0 Å². The van der Waals surface area contributed by atoms with Gasteiger partial charge in [-0.1, -0.05) is 12.1 Å². The van der Waals surface area contributed by atoms with Crippen molar-refractivity contribution < 1.29 is 9.53 Å². The third-order valence-electron chi connectivity index (χ3n) is 2.53. The number of methoxy groups -OCH3 is 1. The maximum Gasteiger partial charge on any atom is 0.337 e. The van der Waals surface area contributed by atoms with Crippen LogP contribution in [0.5, 0.6) is 0 Å². The summed E-state index contributed by atoms with van der Waals surface area (Å²) >= 11 is 0. The Kier molecular flexibility index (Phi) is 3.52. The first-order valence-corrected chi connectivity index (χ1v) is 5.38. The minimum Gasteiger partial charge on any atom is -0.465 e. The SMILES string of the molecule is COC(=O)c1ccc(Cn2ccncc2=O)cc1. The summed E-state index contributed by atoms with van der Waals surface area (Å²) in [5.74, 6) is -0.373. The van der Waals surface area contributed by atoms with Crippen molar-refractivity contribution in [2.24, 2.45) is 0 Å². The number of rotatable bonds is 3. The Balaban J connectivity index is 2.19. The maximum atomic E-state index is 11.5. The standard InChI is InChI=1S/C13H12N2O3/c1-18-13(17)11-4-2-10(3-5-11)9-15-7-6-14-8-12(15)16/h2-8H,9H2,1H3. The number of hydrogen-bond donors (Lipinski definition) is 0. The smallest absolute Gasteiger partial charge is 0.337 e. The molecule has 0 fully saturated rings. The van der Waals surface area contributed by atoms with E-state index in [9.17, 15) is 9.59 Å². The fourth-order valence-corrected chi connectivity index (χ4v) is 1.56. The van der Waals surface area contributed by atoms with Crippen molar-refractivity contribution in [3.8, 4) is 0 Å². The number of carbonyl (C=O) groups excluding carboxylic acids is 1. The Hall–Kier alpha value is -2.43. The van der Waals surface area contributed by atoms with Crippen LogP contribution >= 0.6 is 0 Å². The highest BCUT2D eigenvalue weighted by molar-refractivity contribution is 5.89. The number of benzene rings is 1. The van der Waals surface area contributed by atoms with Gasteiger partial charge in [0.25, 0.3) is 5.56 Å². The number of aromatic nitrogens is 2. The van der Waals surface area contributed by atoms with E-state index in [4.69, 9.17) is 0 Å². The lowest BCUT2D eigenvalue weighted by atomic mass is 10.1. The zero-order valence-corrected chi connectivity index (χ0v) is 9.87. The molecule has 0 spiro atoms. The van der Waals surface area contributed by atoms with E-state index >= 15 is 0 Å². The second-order valence-electron chi connectivity index (χ2n) is 3.73. The molecule has 92 valence electrons. The molecule has 1 heterocycles. The highest BCUT2D eigenvalue weighted by Crippen LogP contribution is 2.06. The van der Waals surface area contributed by atoms with Gasteiger partial charge in [0.05, 0.1) is 25.4 Å². The predicted molar refractivity (Wildman–Crippen MR) is 65.4 cm³/mol. The van der Waals surface area contributed by atoms with Crippen LogP contribution in [0.1, 0.15) is 15.9 Å². The lowest BCUT2D eigenvalue weighted by Crippen LogP contribution is -2.19. The zero-order chi connectivity index (χ0) is 13.0. The molecule has 0 atom stereocenters. The van der Waals surface area contributed by atoms with Crippen molar-refractivity contribution in [3.63, 3.8) is 0 Å². The van der Waals surface area contributed by atoms with Gasteiger partial charge >= 0.3 is 5.97 Å². The van der Waals surface area contributed by atoms with E-state index < -0.39 is 0 Å². The molecule has 0 aliphatic heterocycles. The summed E-state index contributed by atoms with van der Waals surface area (Å²) < 4.78 is 6.15. The van der Waals surface area contributed by atoms with Gasteiger partial charge in [0, 0.05) is 12.4 Å². The van der Waals surface area contributed by atoms with Crippen molar-refractivity contribution in [2.45, 2.75) is 6.54 Å². The summed E-state index contributed by atoms with van der Waals surface area (Å²) in [4.78, 5) is 26.5. The summed E-state index contributed by atoms with van der Waals surface area (Å²) in [6.45, 7) is 0.447. The first-order chi connectivity index (χ1) is 8.70. The predicted octanol–water partition coefficient (Wildman–Crippen LogP) is 1.08. The molecule has 0 unspecified atom stereocenters. The molecule has 1 aromatic carbocycles. The molecule has 0 bridgehead atoms. The Labute approximate surface area is 104 Å². The minimum atomic E-state index is -0.373. The van der Waals surface area contributed by atoms with Crippen LogP contribution < -0.4 is 5.56 Å². The molecule has 1 aromatic heterocycles. The number of hydrogen-bond acceptors (Lipinski definition) is 4. The van der Waals surface area contributed by atoms with Crippen LogP contribution in [0.2, 0.25) is 0 Å². The molecule has 0 aliphatic rings. The van der Waals surface area contributed by atoms with Crippen LogP contribution in [-0.2, 0) is 11.3 Å². The normalized spacial score (nSPS) is 10.1. The van der Waals surface area contributed by atoms with Crippen molar-refractivity contribution >= 4 is 5.97 Å². The van der Waals surface area contributed by atoms with E-state index in [1.807, 2.05) is 0 Å². The second-order valence-corrected chi connectivity index (χ2v) is 3.73. The molecule has 2 rings (SSSR count). The fraction of sp³-hybridized carbons (Fsp3) is 0.154. The molecular weight excluding hydrogens is 232 g/mol. The summed E-state index contributed by atoms with van der Waals surface area (Å²) in [5.41, 5.74) is 1.26. The van der Waals surface area contributed by atoms with Gasteiger partial charge in [-0.05, 0) is 17.7 Å². The quantitative estimate of drug-likeness (QED) is 0.758. The van der Waals surface area contributed by atoms with Crippen LogP contribution in [0.15, 0.2) is 47.7 Å². The van der Waals surface area contributed by atoms with Crippen molar-refractivity contribution in [3.05, 3.63) is 64.3 Å². The second kappa shape index (κ2) is 5.27. The lowest BCUT2D eigenvalue weighted by Gasteiger charge is -2.05. The maximum absolute atomic E-state index is 11.5. The highest BCUT2D eigenvalue weighted by Gasteiger charge is 2.04. The van der Waals surface area contributed by atoms with Gasteiger partial charge in [0.2, 0.25) is 0 Å². The molecule has 2 aromatic rings. The van der Waals surface area contributed by atoms with Gasteiger partial charge < -0.3 is 9.30 Å². The molecule has 0 amide bonds. The Morgan fingerprint density at radius 3 is 2.67 bits per heavy atom. The van der Waals surface area contributed by atoms with Crippen LogP contribution in [0, 0.1) is 0 Å². The van der Waals surface area contributed by atoms with E-state index in [1.54, 1.807) is 41.2 Å². The van der Waals surface area contributed by atoms with Gasteiger partial charge in [-0.25, -0.2) is 4.79 Å². The average molecular weight is 244 g/mol. The van der Waals surface area contributed by atoms with E-state index in [-0.39, 0.29) is 11.5 Å². The average Bonchev–Trinajstić information content (AvgIpc) is 2.41. The third kappa shape index (κ3) is 2.63. The van der Waals surface area contributed by atoms with E-state index in [1.165, 1.54) is 13.3 Å². The Morgan fingerprint density at radius 1 is 1.33 bits per heavy atom. The number of carbonyl (C=O) groups is 1. The van der Waals surface area contributed by atoms with Crippen LogP contribution in [0.25, 0.3) is 0 Å². The number of ether oxygens (including phenoxy) is 1. The topological polar surface area (TPSA) is 61.2 Å². The van der Waals surface area contributed by atoms with Gasteiger partial charge in [-0.2, -0.15) is 0 Å². The highest BCUT2D eigenvalue weighted by atomic mass is 16.5. The summed E-state index contributed by atoms with van der Waals surface area (Å²) in [6, 6.07) is 6.93. The van der Waals surface area contributed by atoms with Gasteiger partial charge in [0.1, 0.15) is 0 Å². The van der Waals surface area contributed by atoms with E-state index in [2.05, 4.69) is 9.72 Å². The van der Waals surface area contributed by atoms with Crippen LogP contribution in [-0.4, -0.2) is 22.6 Å². The first-order valence-electron chi connectivity index (χ1n) is 5.38. The largest absolute Gasteiger partial charge is 0.465 e. The summed E-state index contributed by atoms with van der Waals surface area (Å²) in [5, 5.41) is 0. The third-order valence-corrected chi connectivity index (χ3v) is 2.53. The molecular formula is C13H12N2O3. The van der Waals surface area contributed by atoms with E-state index in [0.717, 1.165) is 5.56 Å². The molecule has 0 aliphatic carbocycles. The molecule has 5 heteroatoms. The molecule has 0 radical (unpaired) electrons. The molecule has 0 saturated carbocycles. The fourth-order valence-electron chi connectivity index (χ4n) is 1.56. The van der Waals surface area contributed by atoms with Crippen molar-refractivity contribution in [1.29, 1.82) is 0 Å². The Morgan fingerprint density at radius 2 is 2.06 bits per heavy atom.